The van der Waals surface area contributed by atoms with Gasteiger partial charge in [0.15, 0.2) is 0 Å². The summed E-state index contributed by atoms with van der Waals surface area (Å²) in [6.45, 7) is 3.93. The normalized spacial score (nSPS) is 22.4. The first kappa shape index (κ1) is 14.5. The van der Waals surface area contributed by atoms with Gasteiger partial charge in [-0.25, -0.2) is 0 Å². The van der Waals surface area contributed by atoms with Gasteiger partial charge in [0.2, 0.25) is 5.91 Å². The molecule has 20 heavy (non-hydrogen) atoms. The summed E-state index contributed by atoms with van der Waals surface area (Å²) in [4.78, 5) is 13.9. The van der Waals surface area contributed by atoms with E-state index in [0.29, 0.717) is 30.8 Å². The van der Waals surface area contributed by atoms with Crippen molar-refractivity contribution in [2.45, 2.75) is 25.4 Å². The monoisotopic (exact) mass is 273 g/mol. The molecule has 0 aromatic heterocycles. The second kappa shape index (κ2) is 6.04. The number of carbonyl (C=O) groups is 1. The molecule has 1 saturated heterocycles. The first-order valence-electron chi connectivity index (χ1n) is 6.73. The fraction of sp³-hybridized carbons (Fsp3) is 0.467. The molecule has 0 aliphatic carbocycles. The molecule has 1 aromatic carbocycles. The lowest BCUT2D eigenvalue weighted by atomic mass is 10.1. The molecule has 0 saturated carbocycles. The van der Waals surface area contributed by atoms with E-state index in [2.05, 4.69) is 10.2 Å². The van der Waals surface area contributed by atoms with Crippen LogP contribution >= 0.6 is 0 Å². The molecule has 1 atom stereocenters. The molecule has 2 rings (SSSR count). The predicted octanol–water partition coefficient (Wildman–Crippen LogP) is 1.34. The molecule has 1 heterocycles. The van der Waals surface area contributed by atoms with E-state index in [9.17, 15) is 9.90 Å². The Morgan fingerprint density at radius 2 is 2.20 bits per heavy atom. The Bertz CT molecular complexity index is 517. The Hall–Kier alpha value is -1.90. The van der Waals surface area contributed by atoms with Crippen LogP contribution in [0.4, 0.5) is 5.69 Å². The van der Waals surface area contributed by atoms with E-state index in [-0.39, 0.29) is 5.91 Å². The van der Waals surface area contributed by atoms with E-state index in [1.807, 2.05) is 13.0 Å². The van der Waals surface area contributed by atoms with Gasteiger partial charge in [-0.3, -0.25) is 9.69 Å². The van der Waals surface area contributed by atoms with Crippen molar-refractivity contribution in [1.29, 1.82) is 5.26 Å². The second-order valence-corrected chi connectivity index (χ2v) is 5.51. The van der Waals surface area contributed by atoms with Crippen molar-refractivity contribution < 1.29 is 9.90 Å². The van der Waals surface area contributed by atoms with Crippen LogP contribution in [0.2, 0.25) is 0 Å². The lowest BCUT2D eigenvalue weighted by molar-refractivity contribution is -0.116. The number of carbonyl (C=O) groups excluding carboxylic acids is 1. The maximum absolute atomic E-state index is 11.8. The molecule has 1 unspecified atom stereocenters. The Labute approximate surface area is 118 Å². The molecule has 1 aliphatic heterocycles. The summed E-state index contributed by atoms with van der Waals surface area (Å²) in [6, 6.07) is 8.82. The Morgan fingerprint density at radius 3 is 2.75 bits per heavy atom. The lowest BCUT2D eigenvalue weighted by Gasteiger charge is -2.18. The summed E-state index contributed by atoms with van der Waals surface area (Å²) >= 11 is 0. The standard InChI is InChI=1S/C15H19N3O2/c1-15(20)7-9-18(11-15)8-6-14(19)17-13-4-2-12(10-16)3-5-13/h2-5,20H,6-9,11H2,1H3,(H,17,19). The average molecular weight is 273 g/mol. The highest BCUT2D eigenvalue weighted by Gasteiger charge is 2.30. The highest BCUT2D eigenvalue weighted by atomic mass is 16.3. The summed E-state index contributed by atoms with van der Waals surface area (Å²) in [5.74, 6) is -0.0544. The molecule has 0 spiro atoms. The molecule has 1 amide bonds. The van der Waals surface area contributed by atoms with E-state index in [1.165, 1.54) is 0 Å². The van der Waals surface area contributed by atoms with Crippen molar-refractivity contribution in [2.75, 3.05) is 25.0 Å². The summed E-state index contributed by atoms with van der Waals surface area (Å²) in [6.07, 6.45) is 1.15. The number of hydrogen-bond donors (Lipinski definition) is 2. The first-order valence-corrected chi connectivity index (χ1v) is 6.73. The number of aliphatic hydroxyl groups is 1. The molecule has 5 heteroatoms. The third-order valence-electron chi connectivity index (χ3n) is 3.48. The average Bonchev–Trinajstić information content (AvgIpc) is 2.77. The number of benzene rings is 1. The number of nitriles is 1. The van der Waals surface area contributed by atoms with Gasteiger partial charge >= 0.3 is 0 Å². The van der Waals surface area contributed by atoms with E-state index >= 15 is 0 Å². The molecule has 5 nitrogen and oxygen atoms in total. The van der Waals surface area contributed by atoms with Crippen LogP contribution in [0.15, 0.2) is 24.3 Å². The number of nitrogens with zero attached hydrogens (tertiary/aromatic N) is 2. The van der Waals surface area contributed by atoms with Crippen LogP contribution in [-0.2, 0) is 4.79 Å². The number of hydrogen-bond acceptors (Lipinski definition) is 4. The Balaban J connectivity index is 1.77. The summed E-state index contributed by atoms with van der Waals surface area (Å²) in [5, 5.41) is 21.3. The van der Waals surface area contributed by atoms with Crippen molar-refractivity contribution >= 4 is 11.6 Å². The van der Waals surface area contributed by atoms with Crippen LogP contribution in [0.25, 0.3) is 0 Å². The van der Waals surface area contributed by atoms with Crippen molar-refractivity contribution in [3.63, 3.8) is 0 Å². The van der Waals surface area contributed by atoms with Crippen molar-refractivity contribution in [3.05, 3.63) is 29.8 Å². The molecule has 1 aromatic rings. The molecular weight excluding hydrogens is 254 g/mol. The maximum Gasteiger partial charge on any atom is 0.225 e. The largest absolute Gasteiger partial charge is 0.389 e. The SMILES string of the molecule is CC1(O)CCN(CCC(=O)Nc2ccc(C#N)cc2)C1. The summed E-state index contributed by atoms with van der Waals surface area (Å²) in [5.41, 5.74) is 0.647. The molecule has 0 bridgehead atoms. The molecule has 0 radical (unpaired) electrons. The van der Waals surface area contributed by atoms with Gasteiger partial charge in [0.25, 0.3) is 0 Å². The van der Waals surface area contributed by atoms with E-state index < -0.39 is 5.60 Å². The number of anilines is 1. The van der Waals surface area contributed by atoms with Crippen molar-refractivity contribution in [3.8, 4) is 6.07 Å². The van der Waals surface area contributed by atoms with Crippen LogP contribution in [0, 0.1) is 11.3 Å². The predicted molar refractivity (Wildman–Crippen MR) is 76.1 cm³/mol. The van der Waals surface area contributed by atoms with Gasteiger partial charge < -0.3 is 10.4 Å². The minimum Gasteiger partial charge on any atom is -0.389 e. The fourth-order valence-corrected chi connectivity index (χ4v) is 2.34. The van der Waals surface area contributed by atoms with Crippen LogP contribution in [-0.4, -0.2) is 41.1 Å². The topological polar surface area (TPSA) is 76.4 Å². The highest BCUT2D eigenvalue weighted by Crippen LogP contribution is 2.20. The van der Waals surface area contributed by atoms with Gasteiger partial charge in [0, 0.05) is 31.7 Å². The zero-order valence-corrected chi connectivity index (χ0v) is 11.6. The number of rotatable bonds is 4. The van der Waals surface area contributed by atoms with Crippen LogP contribution < -0.4 is 5.32 Å². The lowest BCUT2D eigenvalue weighted by Crippen LogP contribution is -2.31. The minimum absolute atomic E-state index is 0.0544. The molecule has 1 aliphatic rings. The van der Waals surface area contributed by atoms with E-state index in [0.717, 1.165) is 13.0 Å². The Morgan fingerprint density at radius 1 is 1.50 bits per heavy atom. The smallest absolute Gasteiger partial charge is 0.225 e. The highest BCUT2D eigenvalue weighted by molar-refractivity contribution is 5.90. The van der Waals surface area contributed by atoms with Gasteiger partial charge in [-0.15, -0.1) is 0 Å². The second-order valence-electron chi connectivity index (χ2n) is 5.51. The van der Waals surface area contributed by atoms with Gasteiger partial charge in [-0.05, 0) is 37.6 Å². The van der Waals surface area contributed by atoms with Gasteiger partial charge in [0.1, 0.15) is 0 Å². The summed E-state index contributed by atoms with van der Waals surface area (Å²) < 4.78 is 0. The molecule has 1 fully saturated rings. The quantitative estimate of drug-likeness (QED) is 0.868. The number of nitrogens with one attached hydrogen (secondary N) is 1. The van der Waals surface area contributed by atoms with Crippen LogP contribution in [0.5, 0.6) is 0 Å². The van der Waals surface area contributed by atoms with E-state index in [1.54, 1.807) is 24.3 Å². The number of amides is 1. The van der Waals surface area contributed by atoms with Gasteiger partial charge in [-0.2, -0.15) is 5.26 Å². The molecular formula is C15H19N3O2. The third-order valence-corrected chi connectivity index (χ3v) is 3.48. The Kier molecular flexibility index (Phi) is 4.38. The number of β-amino-alcohol motifs (C(OH)–C–C–N with tert-alkyl or cyclic N) is 1. The van der Waals surface area contributed by atoms with Crippen LogP contribution in [0.1, 0.15) is 25.3 Å². The van der Waals surface area contributed by atoms with Gasteiger partial charge in [-0.1, -0.05) is 0 Å². The zero-order chi connectivity index (χ0) is 14.6. The summed E-state index contributed by atoms with van der Waals surface area (Å²) in [7, 11) is 0. The molecule has 106 valence electrons. The first-order chi connectivity index (χ1) is 9.48. The van der Waals surface area contributed by atoms with Crippen LogP contribution in [0.3, 0.4) is 0 Å². The zero-order valence-electron chi connectivity index (χ0n) is 11.6. The van der Waals surface area contributed by atoms with Gasteiger partial charge in [0.05, 0.1) is 17.2 Å². The molecule has 2 N–H and O–H groups in total. The number of likely N-dealkylation sites (tertiary alicyclic amines) is 1. The van der Waals surface area contributed by atoms with E-state index in [4.69, 9.17) is 5.26 Å². The van der Waals surface area contributed by atoms with Crippen molar-refractivity contribution in [1.82, 2.24) is 4.90 Å². The van der Waals surface area contributed by atoms with Crippen molar-refractivity contribution in [2.24, 2.45) is 0 Å². The minimum atomic E-state index is -0.621. The maximum atomic E-state index is 11.8. The fourth-order valence-electron chi connectivity index (χ4n) is 2.34. The third kappa shape index (κ3) is 4.05.